The molecule has 1 aromatic rings. The quantitative estimate of drug-likeness (QED) is 0.841. The van der Waals surface area contributed by atoms with Crippen LogP contribution in [-0.4, -0.2) is 29.5 Å². The molecule has 0 unspecified atom stereocenters. The van der Waals surface area contributed by atoms with Gasteiger partial charge in [-0.15, -0.1) is 0 Å². The van der Waals surface area contributed by atoms with Gasteiger partial charge in [0.25, 0.3) is 0 Å². The van der Waals surface area contributed by atoms with Gasteiger partial charge in [0, 0.05) is 12.1 Å². The number of anilines is 1. The summed E-state index contributed by atoms with van der Waals surface area (Å²) in [6.45, 7) is 10.4. The number of rotatable bonds is 1. The fourth-order valence-electron chi connectivity index (χ4n) is 2.11. The van der Waals surface area contributed by atoms with Crippen molar-refractivity contribution in [2.24, 2.45) is 4.99 Å². The first-order valence-corrected chi connectivity index (χ1v) is 6.61. The van der Waals surface area contributed by atoms with E-state index in [0.717, 1.165) is 35.3 Å². The van der Waals surface area contributed by atoms with Crippen molar-refractivity contribution in [1.29, 1.82) is 0 Å². The molecular formula is C14H20ClN3. The van der Waals surface area contributed by atoms with Crippen LogP contribution in [0.15, 0.2) is 23.2 Å². The summed E-state index contributed by atoms with van der Waals surface area (Å²) >= 11 is 6.23. The molecule has 3 nitrogen and oxygen atoms in total. The van der Waals surface area contributed by atoms with Crippen molar-refractivity contribution in [3.05, 3.63) is 28.8 Å². The highest BCUT2D eigenvalue weighted by Gasteiger charge is 2.28. The van der Waals surface area contributed by atoms with Gasteiger partial charge < -0.3 is 10.2 Å². The molecule has 0 aliphatic carbocycles. The lowest BCUT2D eigenvalue weighted by molar-refractivity contribution is 0.257. The number of para-hydroxylation sites is 1. The number of nitrogens with zero attached hydrogens (tertiary/aromatic N) is 2. The summed E-state index contributed by atoms with van der Waals surface area (Å²) in [5.41, 5.74) is 2.15. The van der Waals surface area contributed by atoms with Crippen LogP contribution in [0.3, 0.4) is 0 Å². The summed E-state index contributed by atoms with van der Waals surface area (Å²) in [7, 11) is 0. The van der Waals surface area contributed by atoms with Gasteiger partial charge in [-0.05, 0) is 39.3 Å². The summed E-state index contributed by atoms with van der Waals surface area (Å²) in [5.74, 6) is 0.915. The van der Waals surface area contributed by atoms with Crippen molar-refractivity contribution in [3.63, 3.8) is 0 Å². The van der Waals surface area contributed by atoms with E-state index in [9.17, 15) is 0 Å². The van der Waals surface area contributed by atoms with Gasteiger partial charge in [-0.1, -0.05) is 23.7 Å². The third kappa shape index (κ3) is 2.61. The number of benzene rings is 1. The minimum absolute atomic E-state index is 0.0670. The van der Waals surface area contributed by atoms with Crippen molar-refractivity contribution in [2.75, 3.05) is 18.4 Å². The van der Waals surface area contributed by atoms with E-state index in [1.54, 1.807) is 0 Å². The number of aryl methyl sites for hydroxylation is 1. The van der Waals surface area contributed by atoms with Gasteiger partial charge in [-0.2, -0.15) is 0 Å². The Balaban J connectivity index is 2.24. The molecule has 0 saturated carbocycles. The molecule has 0 saturated heterocycles. The summed E-state index contributed by atoms with van der Waals surface area (Å²) in [6, 6.07) is 5.90. The largest absolute Gasteiger partial charge is 0.336 e. The van der Waals surface area contributed by atoms with Gasteiger partial charge in [0.1, 0.15) is 0 Å². The molecule has 0 radical (unpaired) electrons. The number of nitrogens with one attached hydrogen (secondary N) is 1. The van der Waals surface area contributed by atoms with Crippen LogP contribution in [0.2, 0.25) is 5.02 Å². The first kappa shape index (κ1) is 13.2. The zero-order valence-electron chi connectivity index (χ0n) is 11.4. The normalized spacial score (nSPS) is 15.8. The molecule has 0 fully saturated rings. The molecule has 1 aliphatic rings. The second kappa shape index (κ2) is 4.81. The smallest absolute Gasteiger partial charge is 0.199 e. The van der Waals surface area contributed by atoms with Gasteiger partial charge in [0.2, 0.25) is 0 Å². The van der Waals surface area contributed by atoms with Crippen LogP contribution in [-0.2, 0) is 0 Å². The topological polar surface area (TPSA) is 27.6 Å². The van der Waals surface area contributed by atoms with Crippen molar-refractivity contribution in [3.8, 4) is 0 Å². The Labute approximate surface area is 114 Å². The third-order valence-corrected chi connectivity index (χ3v) is 3.42. The second-order valence-corrected chi connectivity index (χ2v) is 5.99. The van der Waals surface area contributed by atoms with Crippen molar-refractivity contribution >= 4 is 23.2 Å². The molecule has 1 heterocycles. The van der Waals surface area contributed by atoms with E-state index in [1.807, 2.05) is 25.1 Å². The van der Waals surface area contributed by atoms with E-state index in [1.165, 1.54) is 0 Å². The molecule has 1 aliphatic heterocycles. The van der Waals surface area contributed by atoms with Crippen LogP contribution >= 0.6 is 11.6 Å². The second-order valence-electron chi connectivity index (χ2n) is 5.58. The van der Waals surface area contributed by atoms with E-state index >= 15 is 0 Å². The minimum Gasteiger partial charge on any atom is -0.336 e. The molecule has 1 N–H and O–H groups in total. The van der Waals surface area contributed by atoms with Gasteiger partial charge in [0.15, 0.2) is 5.96 Å². The maximum atomic E-state index is 6.23. The van der Waals surface area contributed by atoms with Crippen LogP contribution in [0, 0.1) is 6.92 Å². The molecular weight excluding hydrogens is 246 g/mol. The predicted octanol–water partition coefficient (Wildman–Crippen LogP) is 3.53. The van der Waals surface area contributed by atoms with Crippen LogP contribution in [0.5, 0.6) is 0 Å². The Hall–Kier alpha value is -1.22. The summed E-state index contributed by atoms with van der Waals surface area (Å²) in [6.07, 6.45) is 0. The summed E-state index contributed by atoms with van der Waals surface area (Å²) < 4.78 is 0. The lowest BCUT2D eigenvalue weighted by Gasteiger charge is -2.34. The average Bonchev–Trinajstić information content (AvgIpc) is 2.71. The maximum absolute atomic E-state index is 6.23. The molecule has 1 aromatic carbocycles. The summed E-state index contributed by atoms with van der Waals surface area (Å²) in [4.78, 5) is 6.81. The van der Waals surface area contributed by atoms with Crippen LogP contribution < -0.4 is 5.32 Å². The highest BCUT2D eigenvalue weighted by molar-refractivity contribution is 6.34. The molecule has 4 heteroatoms. The van der Waals surface area contributed by atoms with Gasteiger partial charge in [-0.25, -0.2) is 0 Å². The Morgan fingerprint density at radius 1 is 1.33 bits per heavy atom. The molecule has 0 bridgehead atoms. The van der Waals surface area contributed by atoms with Gasteiger partial charge in [-0.3, -0.25) is 4.99 Å². The lowest BCUT2D eigenvalue weighted by Crippen LogP contribution is -2.46. The SMILES string of the molecule is Cc1cccc(Cl)c1NC1=NCCN1C(C)(C)C. The number of guanidine groups is 1. The summed E-state index contributed by atoms with van der Waals surface area (Å²) in [5, 5.41) is 4.11. The minimum atomic E-state index is 0.0670. The fourth-order valence-corrected chi connectivity index (χ4v) is 2.38. The van der Waals surface area contributed by atoms with Crippen molar-refractivity contribution < 1.29 is 0 Å². The van der Waals surface area contributed by atoms with Crippen LogP contribution in [0.1, 0.15) is 26.3 Å². The number of halogens is 1. The Morgan fingerprint density at radius 2 is 2.06 bits per heavy atom. The number of aliphatic imine (C=N–C) groups is 1. The van der Waals surface area contributed by atoms with E-state index in [-0.39, 0.29) is 5.54 Å². The van der Waals surface area contributed by atoms with Crippen LogP contribution in [0.4, 0.5) is 5.69 Å². The van der Waals surface area contributed by atoms with Gasteiger partial charge >= 0.3 is 0 Å². The highest BCUT2D eigenvalue weighted by atomic mass is 35.5. The van der Waals surface area contributed by atoms with E-state index in [0.29, 0.717) is 0 Å². The number of hydrogen-bond donors (Lipinski definition) is 1. The molecule has 0 aromatic heterocycles. The Bertz CT molecular complexity index is 454. The average molecular weight is 266 g/mol. The molecule has 0 spiro atoms. The maximum Gasteiger partial charge on any atom is 0.199 e. The molecule has 98 valence electrons. The van der Waals surface area contributed by atoms with E-state index in [4.69, 9.17) is 11.6 Å². The monoisotopic (exact) mass is 265 g/mol. The molecule has 0 atom stereocenters. The predicted molar refractivity (Wildman–Crippen MR) is 78.6 cm³/mol. The fraction of sp³-hybridized carbons (Fsp3) is 0.500. The van der Waals surface area contributed by atoms with Crippen molar-refractivity contribution in [1.82, 2.24) is 4.90 Å². The third-order valence-electron chi connectivity index (χ3n) is 3.11. The molecule has 2 rings (SSSR count). The van der Waals surface area contributed by atoms with Gasteiger partial charge in [0.05, 0.1) is 17.3 Å². The Morgan fingerprint density at radius 3 is 2.67 bits per heavy atom. The standard InChI is InChI=1S/C14H20ClN3/c1-10-6-5-7-11(15)12(10)17-13-16-8-9-18(13)14(2,3)4/h5-7H,8-9H2,1-4H3,(H,16,17). The zero-order valence-corrected chi connectivity index (χ0v) is 12.2. The zero-order chi connectivity index (χ0) is 13.3. The van der Waals surface area contributed by atoms with E-state index in [2.05, 4.69) is 36.0 Å². The van der Waals surface area contributed by atoms with Crippen LogP contribution in [0.25, 0.3) is 0 Å². The first-order chi connectivity index (χ1) is 8.39. The number of hydrogen-bond acceptors (Lipinski definition) is 3. The molecule has 18 heavy (non-hydrogen) atoms. The van der Waals surface area contributed by atoms with E-state index < -0.39 is 0 Å². The highest BCUT2D eigenvalue weighted by Crippen LogP contribution is 2.27. The molecule has 0 amide bonds. The van der Waals surface area contributed by atoms with Crippen molar-refractivity contribution in [2.45, 2.75) is 33.2 Å². The lowest BCUT2D eigenvalue weighted by atomic mass is 10.1. The first-order valence-electron chi connectivity index (χ1n) is 6.24. The Kier molecular flexibility index (Phi) is 3.53.